The van der Waals surface area contributed by atoms with Gasteiger partial charge in [0.25, 0.3) is 5.91 Å². The van der Waals surface area contributed by atoms with E-state index in [1.807, 2.05) is 37.3 Å². The number of nitrogens with one attached hydrogen (secondary N) is 2. The Morgan fingerprint density at radius 1 is 1.04 bits per heavy atom. The van der Waals surface area contributed by atoms with Crippen LogP contribution < -0.4 is 10.6 Å². The molecule has 5 nitrogen and oxygen atoms in total. The maximum atomic E-state index is 12.0. The van der Waals surface area contributed by atoms with Crippen molar-refractivity contribution in [2.24, 2.45) is 0 Å². The summed E-state index contributed by atoms with van der Waals surface area (Å²) >= 11 is 0. The first-order chi connectivity index (χ1) is 11.5. The zero-order chi connectivity index (χ0) is 17.5. The summed E-state index contributed by atoms with van der Waals surface area (Å²) < 4.78 is 0. The Labute approximate surface area is 142 Å². The molecule has 2 amide bonds. The number of rotatable bonds is 6. The quantitative estimate of drug-likeness (QED) is 0.857. The SMILES string of the molecule is Cc1ccccc1CNC(=O)CNc1cccc(C(=O)N(C)C)c1. The Kier molecular flexibility index (Phi) is 5.95. The first kappa shape index (κ1) is 17.5. The third-order valence-corrected chi connectivity index (χ3v) is 3.71. The Morgan fingerprint density at radius 2 is 1.79 bits per heavy atom. The van der Waals surface area contributed by atoms with E-state index >= 15 is 0 Å². The maximum absolute atomic E-state index is 12.0. The fourth-order valence-electron chi connectivity index (χ4n) is 2.27. The summed E-state index contributed by atoms with van der Waals surface area (Å²) in [6, 6.07) is 15.1. The highest BCUT2D eigenvalue weighted by Gasteiger charge is 2.08. The minimum absolute atomic E-state index is 0.0670. The molecular weight excluding hydrogens is 302 g/mol. The van der Waals surface area contributed by atoms with Gasteiger partial charge >= 0.3 is 0 Å². The monoisotopic (exact) mass is 325 g/mol. The summed E-state index contributed by atoms with van der Waals surface area (Å²) in [7, 11) is 3.42. The highest BCUT2D eigenvalue weighted by Crippen LogP contribution is 2.11. The fourth-order valence-corrected chi connectivity index (χ4v) is 2.27. The third kappa shape index (κ3) is 4.84. The van der Waals surface area contributed by atoms with E-state index in [1.54, 1.807) is 32.3 Å². The first-order valence-corrected chi connectivity index (χ1v) is 7.84. The van der Waals surface area contributed by atoms with Gasteiger partial charge in [-0.05, 0) is 36.2 Å². The predicted octanol–water partition coefficient (Wildman–Crippen LogP) is 2.43. The van der Waals surface area contributed by atoms with Crippen LogP contribution in [0.3, 0.4) is 0 Å². The zero-order valence-corrected chi connectivity index (χ0v) is 14.3. The van der Waals surface area contributed by atoms with Gasteiger partial charge in [0.2, 0.25) is 5.91 Å². The summed E-state index contributed by atoms with van der Waals surface area (Å²) in [5.74, 6) is -0.162. The Balaban J connectivity index is 1.87. The van der Waals surface area contributed by atoms with Gasteiger partial charge in [0.15, 0.2) is 0 Å². The van der Waals surface area contributed by atoms with E-state index in [-0.39, 0.29) is 18.4 Å². The summed E-state index contributed by atoms with van der Waals surface area (Å²) in [6.07, 6.45) is 0. The number of nitrogens with zero attached hydrogens (tertiary/aromatic N) is 1. The molecule has 0 aliphatic heterocycles. The second kappa shape index (κ2) is 8.15. The van der Waals surface area contributed by atoms with Gasteiger partial charge in [-0.15, -0.1) is 0 Å². The lowest BCUT2D eigenvalue weighted by atomic mass is 10.1. The van der Waals surface area contributed by atoms with Gasteiger partial charge in [0.1, 0.15) is 0 Å². The predicted molar refractivity (Wildman–Crippen MR) is 96.0 cm³/mol. The van der Waals surface area contributed by atoms with E-state index in [0.29, 0.717) is 12.1 Å². The van der Waals surface area contributed by atoms with Crippen molar-refractivity contribution < 1.29 is 9.59 Å². The van der Waals surface area contributed by atoms with Crippen molar-refractivity contribution in [2.75, 3.05) is 26.0 Å². The number of benzene rings is 2. The Morgan fingerprint density at radius 3 is 2.50 bits per heavy atom. The molecule has 0 heterocycles. The molecule has 0 aromatic heterocycles. The van der Waals surface area contributed by atoms with Crippen molar-refractivity contribution in [1.82, 2.24) is 10.2 Å². The fraction of sp³-hybridized carbons (Fsp3) is 0.263. The molecule has 5 heteroatoms. The average Bonchev–Trinajstić information content (AvgIpc) is 2.58. The summed E-state index contributed by atoms with van der Waals surface area (Å²) in [4.78, 5) is 25.4. The van der Waals surface area contributed by atoms with Gasteiger partial charge in [-0.2, -0.15) is 0 Å². The van der Waals surface area contributed by atoms with Gasteiger partial charge in [-0.3, -0.25) is 9.59 Å². The van der Waals surface area contributed by atoms with Crippen LogP contribution in [0.4, 0.5) is 5.69 Å². The normalized spacial score (nSPS) is 10.1. The lowest BCUT2D eigenvalue weighted by Gasteiger charge is -2.12. The van der Waals surface area contributed by atoms with Crippen LogP contribution in [0.15, 0.2) is 48.5 Å². The lowest BCUT2D eigenvalue weighted by molar-refractivity contribution is -0.119. The van der Waals surface area contributed by atoms with E-state index in [0.717, 1.165) is 16.8 Å². The molecule has 24 heavy (non-hydrogen) atoms. The molecule has 0 saturated heterocycles. The second-order valence-corrected chi connectivity index (χ2v) is 5.84. The van der Waals surface area contributed by atoms with Crippen molar-refractivity contribution in [1.29, 1.82) is 0 Å². The molecule has 2 aromatic rings. The van der Waals surface area contributed by atoms with Crippen molar-refractivity contribution in [3.8, 4) is 0 Å². The molecule has 0 aliphatic rings. The Bertz CT molecular complexity index is 726. The zero-order valence-electron chi connectivity index (χ0n) is 14.3. The van der Waals surface area contributed by atoms with Crippen molar-refractivity contribution >= 4 is 17.5 Å². The topological polar surface area (TPSA) is 61.4 Å². The molecule has 126 valence electrons. The molecule has 0 fully saturated rings. The Hall–Kier alpha value is -2.82. The molecule has 0 saturated carbocycles. The van der Waals surface area contributed by atoms with Crippen molar-refractivity contribution in [3.63, 3.8) is 0 Å². The first-order valence-electron chi connectivity index (χ1n) is 7.84. The van der Waals surface area contributed by atoms with Crippen LogP contribution in [0, 0.1) is 6.92 Å². The number of anilines is 1. The number of carbonyl (C=O) groups excluding carboxylic acids is 2. The number of amides is 2. The molecule has 0 aliphatic carbocycles. The molecular formula is C19H23N3O2. The highest BCUT2D eigenvalue weighted by molar-refractivity contribution is 5.95. The minimum atomic E-state index is -0.0948. The number of aryl methyl sites for hydroxylation is 1. The van der Waals surface area contributed by atoms with Crippen LogP contribution in [-0.2, 0) is 11.3 Å². The molecule has 0 bridgehead atoms. The molecule has 0 unspecified atom stereocenters. The standard InChI is InChI=1S/C19H23N3O2/c1-14-7-4-5-8-16(14)12-21-18(23)13-20-17-10-6-9-15(11-17)19(24)22(2)3/h4-11,20H,12-13H2,1-3H3,(H,21,23). The van der Waals surface area contributed by atoms with Crippen LogP contribution in [0.5, 0.6) is 0 Å². The minimum Gasteiger partial charge on any atom is -0.376 e. The molecule has 2 aromatic carbocycles. The number of hydrogen-bond donors (Lipinski definition) is 2. The van der Waals surface area contributed by atoms with E-state index < -0.39 is 0 Å². The highest BCUT2D eigenvalue weighted by atomic mass is 16.2. The van der Waals surface area contributed by atoms with Crippen LogP contribution in [0.1, 0.15) is 21.5 Å². The molecule has 0 radical (unpaired) electrons. The number of hydrogen-bond acceptors (Lipinski definition) is 3. The smallest absolute Gasteiger partial charge is 0.253 e. The van der Waals surface area contributed by atoms with E-state index in [2.05, 4.69) is 10.6 Å². The van der Waals surface area contributed by atoms with Gasteiger partial charge in [-0.25, -0.2) is 0 Å². The van der Waals surface area contributed by atoms with E-state index in [4.69, 9.17) is 0 Å². The summed E-state index contributed by atoms with van der Waals surface area (Å²) in [5, 5.41) is 5.94. The van der Waals surface area contributed by atoms with E-state index in [9.17, 15) is 9.59 Å². The van der Waals surface area contributed by atoms with Gasteiger partial charge < -0.3 is 15.5 Å². The van der Waals surface area contributed by atoms with Crippen LogP contribution >= 0.6 is 0 Å². The lowest BCUT2D eigenvalue weighted by Crippen LogP contribution is -2.29. The van der Waals surface area contributed by atoms with Gasteiger partial charge in [-0.1, -0.05) is 30.3 Å². The summed E-state index contributed by atoms with van der Waals surface area (Å²) in [5.41, 5.74) is 3.59. The van der Waals surface area contributed by atoms with Crippen LogP contribution in [0.2, 0.25) is 0 Å². The molecule has 2 N–H and O–H groups in total. The average molecular weight is 325 g/mol. The summed E-state index contributed by atoms with van der Waals surface area (Å²) in [6.45, 7) is 2.69. The molecule has 2 rings (SSSR count). The van der Waals surface area contributed by atoms with Gasteiger partial charge in [0, 0.05) is 31.9 Å². The number of carbonyl (C=O) groups is 2. The van der Waals surface area contributed by atoms with Crippen molar-refractivity contribution in [3.05, 3.63) is 65.2 Å². The third-order valence-electron chi connectivity index (χ3n) is 3.71. The largest absolute Gasteiger partial charge is 0.376 e. The van der Waals surface area contributed by atoms with Gasteiger partial charge in [0.05, 0.1) is 6.54 Å². The second-order valence-electron chi connectivity index (χ2n) is 5.84. The molecule has 0 spiro atoms. The van der Waals surface area contributed by atoms with E-state index in [1.165, 1.54) is 4.90 Å². The van der Waals surface area contributed by atoms with Crippen molar-refractivity contribution in [2.45, 2.75) is 13.5 Å². The van der Waals surface area contributed by atoms with Crippen LogP contribution in [-0.4, -0.2) is 37.4 Å². The van der Waals surface area contributed by atoms with Crippen LogP contribution in [0.25, 0.3) is 0 Å². The maximum Gasteiger partial charge on any atom is 0.253 e. The molecule has 0 atom stereocenters.